The van der Waals surface area contributed by atoms with Gasteiger partial charge in [0.25, 0.3) is 0 Å². The molecule has 2 N–H and O–H groups in total. The quantitative estimate of drug-likeness (QED) is 0.906. The third kappa shape index (κ3) is 1.64. The van der Waals surface area contributed by atoms with Gasteiger partial charge >= 0.3 is 0 Å². The summed E-state index contributed by atoms with van der Waals surface area (Å²) in [4.78, 5) is 0. The van der Waals surface area contributed by atoms with Gasteiger partial charge in [-0.1, -0.05) is 0 Å². The van der Waals surface area contributed by atoms with Crippen molar-refractivity contribution in [3.8, 4) is 5.75 Å². The average Bonchev–Trinajstić information content (AvgIpc) is 2.19. The highest BCUT2D eigenvalue weighted by atomic mass is 79.9. The van der Waals surface area contributed by atoms with Crippen LogP contribution in [-0.4, -0.2) is 7.11 Å². The normalized spacial score (nSPS) is 18.1. The highest BCUT2D eigenvalue weighted by molar-refractivity contribution is 9.10. The van der Waals surface area contributed by atoms with Crippen molar-refractivity contribution >= 4 is 15.9 Å². The summed E-state index contributed by atoms with van der Waals surface area (Å²) in [5.41, 5.74) is 7.27. The van der Waals surface area contributed by atoms with E-state index in [2.05, 4.69) is 15.9 Å². The van der Waals surface area contributed by atoms with Crippen molar-refractivity contribution in [1.29, 1.82) is 0 Å². The van der Waals surface area contributed by atoms with Crippen LogP contribution < -0.4 is 10.5 Å². The van der Waals surface area contributed by atoms with Crippen molar-refractivity contribution in [3.63, 3.8) is 0 Å². The van der Waals surface area contributed by atoms with E-state index in [1.54, 1.807) is 14.0 Å². The van der Waals surface area contributed by atoms with Crippen LogP contribution in [0.15, 0.2) is 10.5 Å². The second-order valence-corrected chi connectivity index (χ2v) is 5.24. The molecule has 0 heterocycles. The van der Waals surface area contributed by atoms with Gasteiger partial charge in [0.15, 0.2) is 0 Å². The Morgan fingerprint density at radius 3 is 2.56 bits per heavy atom. The van der Waals surface area contributed by atoms with E-state index in [4.69, 9.17) is 10.5 Å². The lowest BCUT2D eigenvalue weighted by molar-refractivity contribution is 0.241. The zero-order chi connectivity index (χ0) is 11.9. The first kappa shape index (κ1) is 11.9. The van der Waals surface area contributed by atoms with E-state index in [-0.39, 0.29) is 5.82 Å². The molecule has 2 nitrogen and oxygen atoms in total. The standard InChI is InChI=1S/C12H15BrFNO/c1-7-9(14)6-8(13)11(16-2)10(7)12(15)4-3-5-12/h6H,3-5,15H2,1-2H3. The first-order valence-electron chi connectivity index (χ1n) is 5.31. The molecule has 1 aliphatic carbocycles. The van der Waals surface area contributed by atoms with Crippen LogP contribution in [0.3, 0.4) is 0 Å². The molecule has 2 rings (SSSR count). The fourth-order valence-corrected chi connectivity index (χ4v) is 2.86. The Morgan fingerprint density at radius 1 is 1.50 bits per heavy atom. The summed E-state index contributed by atoms with van der Waals surface area (Å²) in [6.07, 6.45) is 2.87. The van der Waals surface area contributed by atoms with E-state index in [0.717, 1.165) is 24.8 Å². The molecule has 88 valence electrons. The number of halogens is 2. The number of ether oxygens (including phenoxy) is 1. The van der Waals surface area contributed by atoms with Crippen LogP contribution in [0.25, 0.3) is 0 Å². The Labute approximate surface area is 103 Å². The highest BCUT2D eigenvalue weighted by Crippen LogP contribution is 2.47. The number of hydrogen-bond acceptors (Lipinski definition) is 2. The van der Waals surface area contributed by atoms with Gasteiger partial charge in [-0.25, -0.2) is 4.39 Å². The van der Waals surface area contributed by atoms with Crippen LogP contribution in [0, 0.1) is 12.7 Å². The van der Waals surface area contributed by atoms with Crippen LogP contribution in [0.5, 0.6) is 5.75 Å². The average molecular weight is 288 g/mol. The van der Waals surface area contributed by atoms with Crippen molar-refractivity contribution < 1.29 is 9.13 Å². The predicted molar refractivity (Wildman–Crippen MR) is 65.1 cm³/mol. The van der Waals surface area contributed by atoms with Crippen LogP contribution in [0.4, 0.5) is 4.39 Å². The largest absolute Gasteiger partial charge is 0.495 e. The zero-order valence-electron chi connectivity index (χ0n) is 9.44. The van der Waals surface area contributed by atoms with E-state index in [1.165, 1.54) is 6.07 Å². The number of rotatable bonds is 2. The first-order chi connectivity index (χ1) is 7.49. The molecule has 0 aromatic heterocycles. The second-order valence-electron chi connectivity index (χ2n) is 4.38. The summed E-state index contributed by atoms with van der Waals surface area (Å²) in [5, 5.41) is 0. The van der Waals surface area contributed by atoms with Crippen molar-refractivity contribution in [1.82, 2.24) is 0 Å². The molecule has 1 aliphatic rings. The molecule has 0 bridgehead atoms. The minimum Gasteiger partial charge on any atom is -0.495 e. The lowest BCUT2D eigenvalue weighted by Gasteiger charge is -2.40. The minimum atomic E-state index is -0.417. The molecule has 0 radical (unpaired) electrons. The Hall–Kier alpha value is -0.610. The molecule has 1 aromatic rings. The van der Waals surface area contributed by atoms with Gasteiger partial charge in [-0.2, -0.15) is 0 Å². The number of methoxy groups -OCH3 is 1. The molecule has 0 atom stereocenters. The molecule has 1 fully saturated rings. The van der Waals surface area contributed by atoms with Gasteiger partial charge in [0.05, 0.1) is 11.6 Å². The van der Waals surface area contributed by atoms with Gasteiger partial charge in [-0.15, -0.1) is 0 Å². The molecular formula is C12H15BrFNO. The molecule has 4 heteroatoms. The van der Waals surface area contributed by atoms with Crippen LogP contribution in [-0.2, 0) is 5.54 Å². The third-order valence-corrected chi connectivity index (χ3v) is 3.97. The second kappa shape index (κ2) is 4.00. The van der Waals surface area contributed by atoms with Crippen LogP contribution >= 0.6 is 15.9 Å². The lowest BCUT2D eigenvalue weighted by Crippen LogP contribution is -2.44. The lowest BCUT2D eigenvalue weighted by atomic mass is 9.71. The van der Waals surface area contributed by atoms with E-state index >= 15 is 0 Å². The van der Waals surface area contributed by atoms with E-state index in [1.807, 2.05) is 0 Å². The van der Waals surface area contributed by atoms with Gasteiger partial charge in [-0.05, 0) is 53.7 Å². The number of benzene rings is 1. The topological polar surface area (TPSA) is 35.2 Å². The van der Waals surface area contributed by atoms with Crippen molar-refractivity contribution in [3.05, 3.63) is 27.5 Å². The molecule has 0 amide bonds. The number of nitrogens with two attached hydrogens (primary N) is 1. The van der Waals surface area contributed by atoms with E-state index in [0.29, 0.717) is 15.8 Å². The van der Waals surface area contributed by atoms with Gasteiger partial charge in [0.2, 0.25) is 0 Å². The Kier molecular flexibility index (Phi) is 2.97. The van der Waals surface area contributed by atoms with Crippen molar-refractivity contribution in [2.45, 2.75) is 31.7 Å². The summed E-state index contributed by atoms with van der Waals surface area (Å²) in [5.74, 6) is 0.431. The van der Waals surface area contributed by atoms with Crippen LogP contribution in [0.2, 0.25) is 0 Å². The summed E-state index contributed by atoms with van der Waals surface area (Å²) in [6.45, 7) is 1.76. The molecular weight excluding hydrogens is 273 g/mol. The third-order valence-electron chi connectivity index (χ3n) is 3.38. The number of hydrogen-bond donors (Lipinski definition) is 1. The minimum absolute atomic E-state index is 0.237. The molecule has 1 aromatic carbocycles. The summed E-state index contributed by atoms with van der Waals surface area (Å²) >= 11 is 3.32. The first-order valence-corrected chi connectivity index (χ1v) is 6.11. The molecule has 0 unspecified atom stereocenters. The highest BCUT2D eigenvalue weighted by Gasteiger charge is 2.39. The summed E-state index contributed by atoms with van der Waals surface area (Å²) < 4.78 is 19.7. The van der Waals surface area contributed by atoms with E-state index < -0.39 is 5.54 Å². The SMILES string of the molecule is COc1c(Br)cc(F)c(C)c1C1(N)CCC1. The van der Waals surface area contributed by atoms with Crippen molar-refractivity contribution in [2.75, 3.05) is 7.11 Å². The molecule has 0 aliphatic heterocycles. The van der Waals surface area contributed by atoms with Crippen LogP contribution in [0.1, 0.15) is 30.4 Å². The smallest absolute Gasteiger partial charge is 0.138 e. The Morgan fingerprint density at radius 2 is 2.12 bits per heavy atom. The van der Waals surface area contributed by atoms with Gasteiger partial charge in [0.1, 0.15) is 11.6 Å². The Balaban J connectivity index is 2.65. The predicted octanol–water partition coefficient (Wildman–Crippen LogP) is 3.24. The van der Waals surface area contributed by atoms with E-state index in [9.17, 15) is 4.39 Å². The maximum absolute atomic E-state index is 13.7. The van der Waals surface area contributed by atoms with Gasteiger partial charge < -0.3 is 10.5 Å². The maximum atomic E-state index is 13.7. The summed E-state index contributed by atoms with van der Waals surface area (Å²) in [6, 6.07) is 1.43. The maximum Gasteiger partial charge on any atom is 0.138 e. The van der Waals surface area contributed by atoms with Gasteiger partial charge in [0, 0.05) is 11.1 Å². The zero-order valence-corrected chi connectivity index (χ0v) is 11.0. The monoisotopic (exact) mass is 287 g/mol. The molecule has 1 saturated carbocycles. The van der Waals surface area contributed by atoms with Gasteiger partial charge in [-0.3, -0.25) is 0 Å². The van der Waals surface area contributed by atoms with Crippen molar-refractivity contribution in [2.24, 2.45) is 5.73 Å². The molecule has 0 saturated heterocycles. The fraction of sp³-hybridized carbons (Fsp3) is 0.500. The Bertz CT molecular complexity index is 430. The fourth-order valence-electron chi connectivity index (χ4n) is 2.30. The summed E-state index contributed by atoms with van der Waals surface area (Å²) in [7, 11) is 1.59. The molecule has 16 heavy (non-hydrogen) atoms. The molecule has 0 spiro atoms.